The number of nitrogens with zero attached hydrogens (tertiary/aromatic N) is 2. The van der Waals surface area contributed by atoms with Gasteiger partial charge in [-0.1, -0.05) is 12.1 Å². The highest BCUT2D eigenvalue weighted by atomic mass is 32.2. The van der Waals surface area contributed by atoms with Gasteiger partial charge in [0.1, 0.15) is 9.90 Å². The first-order valence-electron chi connectivity index (χ1n) is 6.33. The number of fused-ring (bicyclic) bond motifs is 1. The highest BCUT2D eigenvalue weighted by Gasteiger charge is 2.22. The molecule has 21 heavy (non-hydrogen) atoms. The fourth-order valence-corrected chi connectivity index (χ4v) is 4.51. The van der Waals surface area contributed by atoms with Gasteiger partial charge in [0.25, 0.3) is 0 Å². The van der Waals surface area contributed by atoms with E-state index in [4.69, 9.17) is 0 Å². The van der Waals surface area contributed by atoms with Gasteiger partial charge in [-0.2, -0.15) is 5.10 Å². The fourth-order valence-electron chi connectivity index (χ4n) is 2.16. The number of rotatable bonds is 4. The van der Waals surface area contributed by atoms with Crippen molar-refractivity contribution in [2.75, 3.05) is 0 Å². The van der Waals surface area contributed by atoms with Crippen LogP contribution in [0.15, 0.2) is 29.2 Å². The molecule has 0 aliphatic carbocycles. The van der Waals surface area contributed by atoms with Crippen LogP contribution in [-0.2, 0) is 16.6 Å². The number of hydrogen-bond donors (Lipinski definition) is 2. The number of benzene rings is 1. The van der Waals surface area contributed by atoms with Crippen molar-refractivity contribution < 1.29 is 8.42 Å². The Kier molecular flexibility index (Phi) is 3.52. The van der Waals surface area contributed by atoms with Crippen LogP contribution in [-0.4, -0.2) is 23.6 Å². The second kappa shape index (κ2) is 5.21. The molecule has 1 aromatic carbocycles. The van der Waals surface area contributed by atoms with Crippen molar-refractivity contribution in [2.24, 2.45) is 0 Å². The number of hydrogen-bond acceptors (Lipinski definition) is 5. The molecule has 0 radical (unpaired) electrons. The van der Waals surface area contributed by atoms with E-state index in [1.807, 2.05) is 24.3 Å². The third kappa shape index (κ3) is 2.69. The number of aromatic nitrogens is 3. The van der Waals surface area contributed by atoms with Crippen LogP contribution >= 0.6 is 11.3 Å². The summed E-state index contributed by atoms with van der Waals surface area (Å²) in [4.78, 5) is 4.62. The van der Waals surface area contributed by atoms with Crippen molar-refractivity contribution in [3.63, 3.8) is 0 Å². The number of aryl methyl sites for hydroxylation is 2. The summed E-state index contributed by atoms with van der Waals surface area (Å²) in [5.74, 6) is 0. The van der Waals surface area contributed by atoms with Crippen molar-refractivity contribution in [3.05, 3.63) is 40.7 Å². The first kappa shape index (κ1) is 14.2. The van der Waals surface area contributed by atoms with Gasteiger partial charge in [-0.25, -0.2) is 18.1 Å². The quantitative estimate of drug-likeness (QED) is 0.770. The molecular formula is C13H14N4O2S2. The summed E-state index contributed by atoms with van der Waals surface area (Å²) in [6.07, 6.45) is 0. The summed E-state index contributed by atoms with van der Waals surface area (Å²) < 4.78 is 28.3. The van der Waals surface area contributed by atoms with Gasteiger partial charge < -0.3 is 0 Å². The summed E-state index contributed by atoms with van der Waals surface area (Å²) in [6.45, 7) is 3.52. The number of thiazole rings is 1. The molecular weight excluding hydrogens is 308 g/mol. The fraction of sp³-hybridized carbons (Fsp3) is 0.231. The lowest BCUT2D eigenvalue weighted by molar-refractivity contribution is 0.580. The summed E-state index contributed by atoms with van der Waals surface area (Å²) in [5.41, 5.74) is 1.88. The van der Waals surface area contributed by atoms with E-state index in [1.54, 1.807) is 13.8 Å². The first-order valence-corrected chi connectivity index (χ1v) is 8.63. The Morgan fingerprint density at radius 1 is 1.29 bits per heavy atom. The number of sulfonamides is 1. The third-order valence-electron chi connectivity index (χ3n) is 3.08. The summed E-state index contributed by atoms with van der Waals surface area (Å²) in [7, 11) is -3.59. The van der Waals surface area contributed by atoms with E-state index in [0.717, 1.165) is 15.2 Å². The number of nitrogens with one attached hydrogen (secondary N) is 2. The van der Waals surface area contributed by atoms with Gasteiger partial charge in [0.2, 0.25) is 10.0 Å². The van der Waals surface area contributed by atoms with Crippen molar-refractivity contribution in [2.45, 2.75) is 25.3 Å². The van der Waals surface area contributed by atoms with Crippen LogP contribution in [0.25, 0.3) is 10.2 Å². The van der Waals surface area contributed by atoms with E-state index in [1.165, 1.54) is 11.3 Å². The van der Waals surface area contributed by atoms with Gasteiger partial charge in [0, 0.05) is 0 Å². The lowest BCUT2D eigenvalue weighted by Crippen LogP contribution is -2.24. The summed E-state index contributed by atoms with van der Waals surface area (Å²) >= 11 is 1.48. The second-order valence-electron chi connectivity index (χ2n) is 4.66. The zero-order valence-corrected chi connectivity index (χ0v) is 13.2. The Bertz CT molecular complexity index is 843. The molecule has 0 saturated carbocycles. The van der Waals surface area contributed by atoms with Gasteiger partial charge in [-0.3, -0.25) is 5.10 Å². The largest absolute Gasteiger partial charge is 0.281 e. The topological polar surface area (TPSA) is 87.7 Å². The second-order valence-corrected chi connectivity index (χ2v) is 7.48. The maximum Gasteiger partial charge on any atom is 0.244 e. The average Bonchev–Trinajstić information content (AvgIpc) is 3.00. The molecule has 6 nitrogen and oxygen atoms in total. The van der Waals surface area contributed by atoms with Crippen LogP contribution in [0.5, 0.6) is 0 Å². The van der Waals surface area contributed by atoms with Crippen LogP contribution in [0.3, 0.4) is 0 Å². The Morgan fingerprint density at radius 3 is 2.71 bits per heavy atom. The molecule has 2 N–H and O–H groups in total. The van der Waals surface area contributed by atoms with Crippen molar-refractivity contribution in [1.82, 2.24) is 19.9 Å². The summed E-state index contributed by atoms with van der Waals surface area (Å²) in [5, 5.41) is 7.33. The third-order valence-corrected chi connectivity index (χ3v) is 5.78. The number of H-pyrrole nitrogens is 1. The monoisotopic (exact) mass is 322 g/mol. The molecule has 2 aromatic heterocycles. The van der Waals surface area contributed by atoms with E-state index in [2.05, 4.69) is 19.9 Å². The zero-order valence-electron chi connectivity index (χ0n) is 11.5. The first-order chi connectivity index (χ1) is 9.97. The van der Waals surface area contributed by atoms with Gasteiger partial charge in [-0.05, 0) is 26.0 Å². The van der Waals surface area contributed by atoms with Crippen molar-refractivity contribution in [3.8, 4) is 0 Å². The van der Waals surface area contributed by atoms with E-state index < -0.39 is 10.0 Å². The maximum absolute atomic E-state index is 12.3. The van der Waals surface area contributed by atoms with Crippen LogP contribution in [0, 0.1) is 13.8 Å². The zero-order chi connectivity index (χ0) is 15.0. The van der Waals surface area contributed by atoms with Crippen molar-refractivity contribution >= 4 is 31.6 Å². The molecule has 0 aliphatic rings. The van der Waals surface area contributed by atoms with Gasteiger partial charge in [0.05, 0.1) is 28.1 Å². The van der Waals surface area contributed by atoms with Crippen LogP contribution in [0.2, 0.25) is 0 Å². The molecule has 0 bridgehead atoms. The molecule has 8 heteroatoms. The smallest absolute Gasteiger partial charge is 0.244 e. The molecule has 3 rings (SSSR count). The van der Waals surface area contributed by atoms with Gasteiger partial charge in [-0.15, -0.1) is 11.3 Å². The van der Waals surface area contributed by atoms with Crippen LogP contribution in [0.1, 0.15) is 16.4 Å². The molecule has 0 unspecified atom stereocenters. The number of para-hydroxylation sites is 1. The van der Waals surface area contributed by atoms with Gasteiger partial charge >= 0.3 is 0 Å². The van der Waals surface area contributed by atoms with Gasteiger partial charge in [0.15, 0.2) is 0 Å². The molecule has 0 fully saturated rings. The SMILES string of the molecule is Cc1n[nH]c(C)c1S(=O)(=O)NCc1nc2ccccc2s1. The van der Waals surface area contributed by atoms with E-state index in [0.29, 0.717) is 11.4 Å². The molecule has 2 heterocycles. The molecule has 0 spiro atoms. The Morgan fingerprint density at radius 2 is 2.05 bits per heavy atom. The highest BCUT2D eigenvalue weighted by Crippen LogP contribution is 2.22. The van der Waals surface area contributed by atoms with E-state index >= 15 is 0 Å². The summed E-state index contributed by atoms with van der Waals surface area (Å²) in [6, 6.07) is 7.73. The minimum absolute atomic E-state index is 0.172. The molecule has 0 amide bonds. The molecule has 0 saturated heterocycles. The lowest BCUT2D eigenvalue weighted by atomic mass is 10.3. The van der Waals surface area contributed by atoms with Crippen molar-refractivity contribution in [1.29, 1.82) is 0 Å². The Balaban J connectivity index is 1.84. The minimum atomic E-state index is -3.59. The van der Waals surface area contributed by atoms with Crippen LogP contribution in [0.4, 0.5) is 0 Å². The standard InChI is InChI=1S/C13H14N4O2S2/c1-8-13(9(2)17-16-8)21(18,19)14-7-12-15-10-5-3-4-6-11(10)20-12/h3-6,14H,7H2,1-2H3,(H,16,17). The average molecular weight is 322 g/mol. The van der Waals surface area contributed by atoms with Crippen LogP contribution < -0.4 is 4.72 Å². The molecule has 3 aromatic rings. The normalized spacial score (nSPS) is 12.1. The molecule has 0 atom stereocenters. The predicted octanol–water partition coefficient (Wildman–Crippen LogP) is 2.11. The van der Waals surface area contributed by atoms with E-state index in [9.17, 15) is 8.42 Å². The molecule has 0 aliphatic heterocycles. The number of aromatic amines is 1. The predicted molar refractivity (Wildman–Crippen MR) is 81.7 cm³/mol. The van der Waals surface area contributed by atoms with E-state index in [-0.39, 0.29) is 11.4 Å². The highest BCUT2D eigenvalue weighted by molar-refractivity contribution is 7.89. The Labute approximate surface area is 126 Å². The maximum atomic E-state index is 12.3. The Hall–Kier alpha value is -1.77. The molecule has 110 valence electrons. The lowest BCUT2D eigenvalue weighted by Gasteiger charge is -2.04. The minimum Gasteiger partial charge on any atom is -0.281 e.